The number of hydrogen-bond donors (Lipinski definition) is 0. The van der Waals surface area contributed by atoms with E-state index in [1.807, 2.05) is 62.4 Å². The van der Waals surface area contributed by atoms with E-state index in [-0.39, 0.29) is 11.1 Å². The van der Waals surface area contributed by atoms with E-state index >= 15 is 0 Å². The van der Waals surface area contributed by atoms with Crippen molar-refractivity contribution in [3.63, 3.8) is 0 Å². The first-order valence-corrected chi connectivity index (χ1v) is 8.27. The van der Waals surface area contributed by atoms with Crippen molar-refractivity contribution in [2.75, 3.05) is 0 Å². The Hall–Kier alpha value is -3.40. The van der Waals surface area contributed by atoms with Crippen molar-refractivity contribution in [2.45, 2.75) is 13.8 Å². The molecule has 128 valence electrons. The topological polar surface area (TPSA) is 52.6 Å². The summed E-state index contributed by atoms with van der Waals surface area (Å²) in [5, 5.41) is 0. The average Bonchev–Trinajstić information content (AvgIpc) is 3.19. The molecule has 0 N–H and O–H groups in total. The van der Waals surface area contributed by atoms with Crippen LogP contribution in [0.1, 0.15) is 22.3 Å². The maximum atomic E-state index is 12.3. The second kappa shape index (κ2) is 6.15. The number of carbonyl (C=O) groups is 2. The first-order valence-electron chi connectivity index (χ1n) is 8.27. The van der Waals surface area contributed by atoms with Gasteiger partial charge in [0.05, 0.1) is 11.1 Å². The van der Waals surface area contributed by atoms with Gasteiger partial charge in [0, 0.05) is 11.1 Å². The molecule has 2 heterocycles. The first-order chi connectivity index (χ1) is 12.5. The molecule has 2 aliphatic rings. The van der Waals surface area contributed by atoms with Crippen LogP contribution in [0.25, 0.3) is 11.5 Å². The van der Waals surface area contributed by atoms with E-state index in [1.54, 1.807) is 12.2 Å². The molecule has 26 heavy (non-hydrogen) atoms. The molecule has 2 aliphatic heterocycles. The van der Waals surface area contributed by atoms with Crippen LogP contribution in [0.3, 0.4) is 0 Å². The summed E-state index contributed by atoms with van der Waals surface area (Å²) in [6, 6.07) is 15.3. The summed E-state index contributed by atoms with van der Waals surface area (Å²) in [4.78, 5) is 24.6. The zero-order chi connectivity index (χ0) is 18.3. The van der Waals surface area contributed by atoms with Gasteiger partial charge >= 0.3 is 11.9 Å². The molecule has 2 aromatic carbocycles. The summed E-state index contributed by atoms with van der Waals surface area (Å²) in [7, 11) is 0. The largest absolute Gasteiger partial charge is 0.422 e. The molecule has 0 aliphatic carbocycles. The predicted molar refractivity (Wildman–Crippen MR) is 97.5 cm³/mol. The molecule has 2 aromatic rings. The van der Waals surface area contributed by atoms with Gasteiger partial charge in [0.25, 0.3) is 0 Å². The van der Waals surface area contributed by atoms with Gasteiger partial charge in [-0.25, -0.2) is 9.59 Å². The van der Waals surface area contributed by atoms with Crippen LogP contribution in [0.15, 0.2) is 71.8 Å². The smallest absolute Gasteiger partial charge is 0.344 e. The minimum atomic E-state index is -0.547. The zero-order valence-electron chi connectivity index (χ0n) is 14.4. The van der Waals surface area contributed by atoms with E-state index in [4.69, 9.17) is 9.47 Å². The van der Waals surface area contributed by atoms with Gasteiger partial charge in [-0.3, -0.25) is 0 Å². The molecule has 4 nitrogen and oxygen atoms in total. The van der Waals surface area contributed by atoms with Gasteiger partial charge in [-0.1, -0.05) is 59.7 Å². The molecule has 0 fully saturated rings. The third kappa shape index (κ3) is 2.86. The highest BCUT2D eigenvalue weighted by Crippen LogP contribution is 2.33. The van der Waals surface area contributed by atoms with Gasteiger partial charge in [0.2, 0.25) is 0 Å². The second-order valence-electron chi connectivity index (χ2n) is 6.36. The van der Waals surface area contributed by atoms with Crippen molar-refractivity contribution in [1.82, 2.24) is 0 Å². The maximum absolute atomic E-state index is 12.3. The van der Waals surface area contributed by atoms with Crippen LogP contribution in [-0.4, -0.2) is 11.9 Å². The fourth-order valence-corrected chi connectivity index (χ4v) is 2.84. The van der Waals surface area contributed by atoms with Crippen molar-refractivity contribution in [1.29, 1.82) is 0 Å². The molecular weight excluding hydrogens is 328 g/mol. The highest BCUT2D eigenvalue weighted by Gasteiger charge is 2.32. The molecular formula is C22H16O4. The molecule has 0 radical (unpaired) electrons. The number of aryl methyl sites for hydroxylation is 2. The lowest BCUT2D eigenvalue weighted by Crippen LogP contribution is -2.05. The lowest BCUT2D eigenvalue weighted by molar-refractivity contribution is -0.133. The number of esters is 2. The van der Waals surface area contributed by atoms with Crippen LogP contribution in [0, 0.1) is 13.8 Å². The fourth-order valence-electron chi connectivity index (χ4n) is 2.84. The second-order valence-corrected chi connectivity index (χ2v) is 6.36. The Morgan fingerprint density at radius 1 is 0.577 bits per heavy atom. The van der Waals surface area contributed by atoms with E-state index < -0.39 is 11.9 Å². The van der Waals surface area contributed by atoms with Crippen LogP contribution in [0.2, 0.25) is 0 Å². The third-order valence-corrected chi connectivity index (χ3v) is 4.36. The van der Waals surface area contributed by atoms with Crippen LogP contribution in [-0.2, 0) is 19.1 Å². The van der Waals surface area contributed by atoms with Crippen LogP contribution < -0.4 is 0 Å². The molecule has 0 amide bonds. The highest BCUT2D eigenvalue weighted by molar-refractivity contribution is 6.12. The van der Waals surface area contributed by atoms with Crippen molar-refractivity contribution in [2.24, 2.45) is 0 Å². The molecule has 0 unspecified atom stereocenters. The number of cyclic esters (lactones) is 2. The monoisotopic (exact) mass is 344 g/mol. The molecule has 0 saturated heterocycles. The van der Waals surface area contributed by atoms with E-state index in [0.717, 1.165) is 22.3 Å². The SMILES string of the molecule is Cc1ccc(C2=C/C(=C3\C=C(c4ccc(C)cc4)OC3=O)C(=O)O2)cc1. The number of carbonyl (C=O) groups excluding carboxylic acids is 2. The fraction of sp³-hybridized carbons (Fsp3) is 0.0909. The van der Waals surface area contributed by atoms with Gasteiger partial charge < -0.3 is 9.47 Å². The zero-order valence-corrected chi connectivity index (χ0v) is 14.4. The summed E-state index contributed by atoms with van der Waals surface area (Å²) < 4.78 is 10.7. The van der Waals surface area contributed by atoms with Gasteiger partial charge in [-0.2, -0.15) is 0 Å². The normalized spacial score (nSPS) is 19.2. The first kappa shape index (κ1) is 16.1. The molecule has 0 bridgehead atoms. The molecule has 0 saturated carbocycles. The van der Waals surface area contributed by atoms with Crippen molar-refractivity contribution in [3.8, 4) is 0 Å². The van der Waals surface area contributed by atoms with Crippen LogP contribution in [0.5, 0.6) is 0 Å². The molecule has 4 rings (SSSR count). The van der Waals surface area contributed by atoms with Crippen LogP contribution in [0.4, 0.5) is 0 Å². The van der Waals surface area contributed by atoms with E-state index in [9.17, 15) is 9.59 Å². The molecule has 0 atom stereocenters. The third-order valence-electron chi connectivity index (χ3n) is 4.36. The Labute approximate surface area is 151 Å². The minimum Gasteiger partial charge on any atom is -0.422 e. The lowest BCUT2D eigenvalue weighted by Gasteiger charge is -2.01. The minimum absolute atomic E-state index is 0.215. The summed E-state index contributed by atoms with van der Waals surface area (Å²) in [5.41, 5.74) is 4.23. The molecule has 0 spiro atoms. The summed E-state index contributed by atoms with van der Waals surface area (Å²) in [6.07, 6.45) is 3.19. The Morgan fingerprint density at radius 2 is 0.923 bits per heavy atom. The average molecular weight is 344 g/mol. The molecule has 0 aromatic heterocycles. The van der Waals surface area contributed by atoms with Gasteiger partial charge in [0.15, 0.2) is 0 Å². The van der Waals surface area contributed by atoms with E-state index in [2.05, 4.69) is 0 Å². The standard InChI is InChI=1S/C22H16O4/c1-13-3-7-15(8-4-13)19-11-17(21(23)25-19)18-12-20(26-22(18)24)16-9-5-14(2)6-10-16/h3-12H,1-2H3/b18-17-. The quantitative estimate of drug-likeness (QED) is 0.608. The Bertz CT molecular complexity index is 920. The summed E-state index contributed by atoms with van der Waals surface area (Å²) in [5.74, 6) is -0.229. The Balaban J connectivity index is 1.73. The molecule has 4 heteroatoms. The van der Waals surface area contributed by atoms with Gasteiger partial charge in [-0.15, -0.1) is 0 Å². The van der Waals surface area contributed by atoms with Crippen molar-refractivity contribution in [3.05, 3.63) is 94.1 Å². The lowest BCUT2D eigenvalue weighted by atomic mass is 10.1. The maximum Gasteiger partial charge on any atom is 0.344 e. The number of hydrogen-bond acceptors (Lipinski definition) is 4. The highest BCUT2D eigenvalue weighted by atomic mass is 16.5. The Morgan fingerprint density at radius 3 is 1.27 bits per heavy atom. The predicted octanol–water partition coefficient (Wildman–Crippen LogP) is 4.10. The number of rotatable bonds is 2. The summed E-state index contributed by atoms with van der Waals surface area (Å²) in [6.45, 7) is 3.97. The van der Waals surface area contributed by atoms with Crippen molar-refractivity contribution >= 4 is 23.5 Å². The van der Waals surface area contributed by atoms with Gasteiger partial charge in [-0.05, 0) is 26.0 Å². The summed E-state index contributed by atoms with van der Waals surface area (Å²) >= 11 is 0. The Kier molecular flexibility index (Phi) is 3.81. The van der Waals surface area contributed by atoms with Crippen molar-refractivity contribution < 1.29 is 19.1 Å². The van der Waals surface area contributed by atoms with E-state index in [1.165, 1.54) is 0 Å². The van der Waals surface area contributed by atoms with Crippen LogP contribution >= 0.6 is 0 Å². The van der Waals surface area contributed by atoms with Gasteiger partial charge in [0.1, 0.15) is 11.5 Å². The van der Waals surface area contributed by atoms with E-state index in [0.29, 0.717) is 11.5 Å². The number of benzene rings is 2. The number of ether oxygens (including phenoxy) is 2.